The smallest absolute Gasteiger partial charge is 0.272 e. The summed E-state index contributed by atoms with van der Waals surface area (Å²) in [5.74, 6) is -0.565. The van der Waals surface area contributed by atoms with Gasteiger partial charge in [0.05, 0.1) is 24.0 Å². The third kappa shape index (κ3) is 3.31. The zero-order valence-electron chi connectivity index (χ0n) is 16.2. The fraction of sp³-hybridized carbons (Fsp3) is 0.0870. The minimum Gasteiger partial charge on any atom is -0.272 e. The van der Waals surface area contributed by atoms with E-state index in [-0.39, 0.29) is 36.1 Å². The lowest BCUT2D eigenvalue weighted by Crippen LogP contribution is -2.27. The van der Waals surface area contributed by atoms with Crippen LogP contribution in [0.2, 0.25) is 0 Å². The fourth-order valence-electron chi connectivity index (χ4n) is 3.65. The van der Waals surface area contributed by atoms with Gasteiger partial charge in [0, 0.05) is 0 Å². The SMILES string of the molecule is O=c1c2ccccc2n2c(=O)n(Cc3ccc(F)cc3)nc2n1Cc1ccc(F)cc1. The summed E-state index contributed by atoms with van der Waals surface area (Å²) in [7, 11) is 0. The maximum absolute atomic E-state index is 13.3. The Morgan fingerprint density at radius 3 is 1.97 bits per heavy atom. The van der Waals surface area contributed by atoms with Gasteiger partial charge in [-0.25, -0.2) is 22.7 Å². The third-order valence-electron chi connectivity index (χ3n) is 5.18. The van der Waals surface area contributed by atoms with E-state index in [9.17, 15) is 18.4 Å². The highest BCUT2D eigenvalue weighted by Gasteiger charge is 2.17. The Hall–Kier alpha value is -4.07. The molecule has 31 heavy (non-hydrogen) atoms. The number of fused-ring (bicyclic) bond motifs is 3. The first-order valence-corrected chi connectivity index (χ1v) is 9.61. The molecule has 0 saturated carbocycles. The van der Waals surface area contributed by atoms with E-state index in [1.807, 2.05) is 0 Å². The van der Waals surface area contributed by atoms with Crippen LogP contribution in [0.1, 0.15) is 11.1 Å². The van der Waals surface area contributed by atoms with Gasteiger partial charge in [-0.05, 0) is 47.5 Å². The van der Waals surface area contributed by atoms with Gasteiger partial charge in [0.15, 0.2) is 0 Å². The molecule has 8 heteroatoms. The summed E-state index contributed by atoms with van der Waals surface area (Å²) in [4.78, 5) is 26.4. The zero-order chi connectivity index (χ0) is 21.5. The van der Waals surface area contributed by atoms with Gasteiger partial charge in [0.1, 0.15) is 11.6 Å². The highest BCUT2D eigenvalue weighted by Crippen LogP contribution is 2.13. The van der Waals surface area contributed by atoms with Crippen LogP contribution in [-0.2, 0) is 13.1 Å². The summed E-state index contributed by atoms with van der Waals surface area (Å²) in [6, 6.07) is 18.4. The number of hydrogen-bond donors (Lipinski definition) is 0. The summed E-state index contributed by atoms with van der Waals surface area (Å²) in [5.41, 5.74) is 1.13. The normalized spacial score (nSPS) is 11.4. The molecule has 0 fully saturated rings. The molecule has 154 valence electrons. The van der Waals surface area contributed by atoms with Crippen molar-refractivity contribution in [3.63, 3.8) is 0 Å². The molecule has 2 heterocycles. The van der Waals surface area contributed by atoms with Gasteiger partial charge in [-0.1, -0.05) is 36.4 Å². The summed E-state index contributed by atoms with van der Waals surface area (Å²) in [6.45, 7) is 0.250. The highest BCUT2D eigenvalue weighted by molar-refractivity contribution is 5.80. The highest BCUT2D eigenvalue weighted by atomic mass is 19.1. The second-order valence-electron chi connectivity index (χ2n) is 7.24. The average molecular weight is 418 g/mol. The van der Waals surface area contributed by atoms with Gasteiger partial charge in [-0.15, -0.1) is 5.10 Å². The summed E-state index contributed by atoms with van der Waals surface area (Å²) < 4.78 is 30.6. The average Bonchev–Trinajstić information content (AvgIpc) is 3.10. The van der Waals surface area contributed by atoms with Crippen molar-refractivity contribution in [3.8, 4) is 0 Å². The quantitative estimate of drug-likeness (QED) is 0.450. The van der Waals surface area contributed by atoms with Crippen molar-refractivity contribution in [1.82, 2.24) is 18.7 Å². The molecule has 3 aromatic carbocycles. The summed E-state index contributed by atoms with van der Waals surface area (Å²) in [6.07, 6.45) is 0. The molecular formula is C23H16F2N4O2. The number of hydrogen-bond acceptors (Lipinski definition) is 3. The molecule has 0 bridgehead atoms. The number of rotatable bonds is 4. The van der Waals surface area contributed by atoms with Gasteiger partial charge in [0.2, 0.25) is 5.78 Å². The Labute approximate surface area is 174 Å². The molecule has 0 spiro atoms. The first-order valence-electron chi connectivity index (χ1n) is 9.61. The number of aromatic nitrogens is 4. The molecule has 5 rings (SSSR count). The molecule has 0 saturated heterocycles. The molecule has 0 aliphatic carbocycles. The Kier molecular flexibility index (Phi) is 4.47. The van der Waals surface area contributed by atoms with Crippen LogP contribution < -0.4 is 11.2 Å². The topological polar surface area (TPSA) is 61.3 Å². The van der Waals surface area contributed by atoms with E-state index < -0.39 is 5.69 Å². The largest absolute Gasteiger partial charge is 0.352 e. The van der Waals surface area contributed by atoms with Crippen molar-refractivity contribution in [2.24, 2.45) is 0 Å². The Bertz CT molecular complexity index is 1530. The molecule has 0 radical (unpaired) electrons. The molecule has 5 aromatic rings. The van der Waals surface area contributed by atoms with Crippen molar-refractivity contribution < 1.29 is 8.78 Å². The number of benzene rings is 3. The van der Waals surface area contributed by atoms with Crippen LogP contribution in [0.5, 0.6) is 0 Å². The van der Waals surface area contributed by atoms with Crippen LogP contribution in [0.3, 0.4) is 0 Å². The van der Waals surface area contributed by atoms with Crippen LogP contribution in [0.4, 0.5) is 8.78 Å². The van der Waals surface area contributed by atoms with Crippen LogP contribution >= 0.6 is 0 Å². The van der Waals surface area contributed by atoms with Gasteiger partial charge in [-0.3, -0.25) is 9.36 Å². The number of halogens is 2. The van der Waals surface area contributed by atoms with E-state index in [2.05, 4.69) is 5.10 Å². The lowest BCUT2D eigenvalue weighted by Gasteiger charge is -2.09. The minimum atomic E-state index is -0.414. The van der Waals surface area contributed by atoms with Crippen molar-refractivity contribution in [2.75, 3.05) is 0 Å². The van der Waals surface area contributed by atoms with Crippen LogP contribution in [0, 0.1) is 11.6 Å². The molecule has 0 unspecified atom stereocenters. The van der Waals surface area contributed by atoms with E-state index in [4.69, 9.17) is 0 Å². The predicted molar refractivity (Wildman–Crippen MR) is 112 cm³/mol. The third-order valence-corrected chi connectivity index (χ3v) is 5.18. The molecule has 0 amide bonds. The van der Waals surface area contributed by atoms with Crippen molar-refractivity contribution in [1.29, 1.82) is 0 Å². The van der Waals surface area contributed by atoms with E-state index in [0.717, 1.165) is 0 Å². The second-order valence-corrected chi connectivity index (χ2v) is 7.24. The number of nitrogens with zero attached hydrogens (tertiary/aromatic N) is 4. The molecular weight excluding hydrogens is 402 g/mol. The Balaban J connectivity index is 1.73. The maximum Gasteiger partial charge on any atom is 0.352 e. The standard InChI is InChI=1S/C23H16F2N4O2/c24-17-9-5-15(6-10-17)13-27-21(30)19-3-1-2-4-20(19)29-22(27)26-28(23(29)31)14-16-7-11-18(25)12-8-16/h1-12H,13-14H2. The van der Waals surface area contributed by atoms with Crippen molar-refractivity contribution in [3.05, 3.63) is 116 Å². The monoisotopic (exact) mass is 418 g/mol. The fourth-order valence-corrected chi connectivity index (χ4v) is 3.65. The molecule has 6 nitrogen and oxygen atoms in total. The molecule has 2 aromatic heterocycles. The van der Waals surface area contributed by atoms with E-state index in [1.165, 1.54) is 37.9 Å². The van der Waals surface area contributed by atoms with E-state index in [0.29, 0.717) is 22.0 Å². The van der Waals surface area contributed by atoms with Crippen LogP contribution in [0.25, 0.3) is 16.7 Å². The number of para-hydroxylation sites is 1. The minimum absolute atomic E-state index is 0.125. The molecule has 0 aliphatic rings. The van der Waals surface area contributed by atoms with E-state index >= 15 is 0 Å². The van der Waals surface area contributed by atoms with Gasteiger partial charge in [-0.2, -0.15) is 0 Å². The zero-order valence-corrected chi connectivity index (χ0v) is 16.2. The second kappa shape index (κ2) is 7.32. The van der Waals surface area contributed by atoms with Gasteiger partial charge < -0.3 is 0 Å². The lowest BCUT2D eigenvalue weighted by atomic mass is 10.2. The van der Waals surface area contributed by atoms with Crippen molar-refractivity contribution >= 4 is 16.7 Å². The maximum atomic E-state index is 13.3. The van der Waals surface area contributed by atoms with Gasteiger partial charge >= 0.3 is 5.69 Å². The predicted octanol–water partition coefficient (Wildman–Crippen LogP) is 3.19. The first kappa shape index (κ1) is 18.9. The summed E-state index contributed by atoms with van der Waals surface area (Å²) in [5, 5.41) is 4.79. The van der Waals surface area contributed by atoms with E-state index in [1.54, 1.807) is 48.5 Å². The van der Waals surface area contributed by atoms with Crippen LogP contribution in [0.15, 0.2) is 82.4 Å². The molecule has 0 N–H and O–H groups in total. The van der Waals surface area contributed by atoms with Gasteiger partial charge in [0.25, 0.3) is 5.56 Å². The first-order chi connectivity index (χ1) is 15.0. The summed E-state index contributed by atoms with van der Waals surface area (Å²) >= 11 is 0. The lowest BCUT2D eigenvalue weighted by molar-refractivity contribution is 0.621. The molecule has 0 aliphatic heterocycles. The Morgan fingerprint density at radius 2 is 1.32 bits per heavy atom. The van der Waals surface area contributed by atoms with Crippen LogP contribution in [-0.4, -0.2) is 18.7 Å². The van der Waals surface area contributed by atoms with Crippen molar-refractivity contribution in [2.45, 2.75) is 13.1 Å². The Morgan fingerprint density at radius 1 is 0.742 bits per heavy atom. The molecule has 0 atom stereocenters.